The van der Waals surface area contributed by atoms with Gasteiger partial charge in [-0.1, -0.05) is 81.1 Å². The maximum atomic E-state index is 6.15. The van der Waals surface area contributed by atoms with Gasteiger partial charge in [0.1, 0.15) is 0 Å². The van der Waals surface area contributed by atoms with Gasteiger partial charge in [0, 0.05) is 36.9 Å². The molecule has 0 aromatic rings. The van der Waals surface area contributed by atoms with Gasteiger partial charge in [0.25, 0.3) is 0 Å². The standard InChI is InChI=1S/C34H70O5/c1-9-17-29(11-3)19-35-21-31(13-5)23-37-25-33(15-7)27-39-28-34(16-8)26-38-24-32(14-6)22-36-20-30(12-4)18-10-2/h29-34H,9-28H2,1-8H3. The summed E-state index contributed by atoms with van der Waals surface area (Å²) in [5, 5.41) is 0. The van der Waals surface area contributed by atoms with Crippen molar-refractivity contribution in [3.63, 3.8) is 0 Å². The minimum Gasteiger partial charge on any atom is -0.381 e. The van der Waals surface area contributed by atoms with Crippen molar-refractivity contribution < 1.29 is 23.7 Å². The van der Waals surface area contributed by atoms with Crippen LogP contribution in [0.15, 0.2) is 0 Å². The van der Waals surface area contributed by atoms with Crippen LogP contribution in [0.1, 0.15) is 120 Å². The quantitative estimate of drug-likeness (QED) is 0.0881. The summed E-state index contributed by atoms with van der Waals surface area (Å²) in [5.74, 6) is 3.23. The summed E-state index contributed by atoms with van der Waals surface area (Å²) >= 11 is 0. The van der Waals surface area contributed by atoms with Gasteiger partial charge in [0.2, 0.25) is 0 Å². The average Bonchev–Trinajstić information content (AvgIpc) is 2.96. The highest BCUT2D eigenvalue weighted by Crippen LogP contribution is 2.15. The van der Waals surface area contributed by atoms with E-state index in [4.69, 9.17) is 23.7 Å². The lowest BCUT2D eigenvalue weighted by Crippen LogP contribution is -2.24. The van der Waals surface area contributed by atoms with E-state index < -0.39 is 0 Å². The molecule has 39 heavy (non-hydrogen) atoms. The third-order valence-electron chi connectivity index (χ3n) is 8.39. The van der Waals surface area contributed by atoms with E-state index in [-0.39, 0.29) is 0 Å². The zero-order valence-electron chi connectivity index (χ0n) is 27.6. The molecule has 0 aliphatic carbocycles. The first-order valence-corrected chi connectivity index (χ1v) is 16.9. The molecule has 0 saturated heterocycles. The lowest BCUT2D eigenvalue weighted by atomic mass is 10.0. The number of hydrogen-bond donors (Lipinski definition) is 0. The van der Waals surface area contributed by atoms with Crippen molar-refractivity contribution in [1.29, 1.82) is 0 Å². The Morgan fingerprint density at radius 2 is 0.462 bits per heavy atom. The molecule has 236 valence electrons. The van der Waals surface area contributed by atoms with Crippen LogP contribution in [0, 0.1) is 35.5 Å². The van der Waals surface area contributed by atoms with Crippen LogP contribution in [0.3, 0.4) is 0 Å². The lowest BCUT2D eigenvalue weighted by Gasteiger charge is -2.22. The molecule has 0 spiro atoms. The number of ether oxygens (including phenoxy) is 5. The second-order valence-electron chi connectivity index (χ2n) is 11.9. The molecule has 0 aromatic heterocycles. The molecular weight excluding hydrogens is 488 g/mol. The van der Waals surface area contributed by atoms with Gasteiger partial charge in [0.05, 0.1) is 52.9 Å². The van der Waals surface area contributed by atoms with E-state index >= 15 is 0 Å². The van der Waals surface area contributed by atoms with Gasteiger partial charge in [-0.2, -0.15) is 0 Å². The molecule has 0 N–H and O–H groups in total. The van der Waals surface area contributed by atoms with E-state index in [2.05, 4.69) is 55.4 Å². The van der Waals surface area contributed by atoms with Gasteiger partial charge < -0.3 is 23.7 Å². The molecule has 0 heterocycles. The topological polar surface area (TPSA) is 46.2 Å². The largest absolute Gasteiger partial charge is 0.381 e. The molecule has 5 nitrogen and oxygen atoms in total. The molecule has 5 heteroatoms. The fraction of sp³-hybridized carbons (Fsp3) is 1.00. The molecule has 6 atom stereocenters. The zero-order chi connectivity index (χ0) is 29.1. The molecule has 0 bridgehead atoms. The Balaban J connectivity index is 4.14. The van der Waals surface area contributed by atoms with Gasteiger partial charge in [-0.05, 0) is 50.4 Å². The summed E-state index contributed by atoms with van der Waals surface area (Å²) in [7, 11) is 0. The summed E-state index contributed by atoms with van der Waals surface area (Å²) < 4.78 is 30.5. The van der Waals surface area contributed by atoms with Crippen molar-refractivity contribution >= 4 is 0 Å². The van der Waals surface area contributed by atoms with Crippen LogP contribution in [-0.2, 0) is 23.7 Å². The molecule has 0 radical (unpaired) electrons. The average molecular weight is 559 g/mol. The highest BCUT2D eigenvalue weighted by molar-refractivity contribution is 4.63. The molecule has 0 aliphatic heterocycles. The highest BCUT2D eigenvalue weighted by Gasteiger charge is 2.15. The van der Waals surface area contributed by atoms with Crippen LogP contribution in [0.25, 0.3) is 0 Å². The number of rotatable bonds is 30. The van der Waals surface area contributed by atoms with Crippen LogP contribution in [-0.4, -0.2) is 66.1 Å². The Morgan fingerprint density at radius 1 is 0.282 bits per heavy atom. The molecule has 0 fully saturated rings. The van der Waals surface area contributed by atoms with Crippen LogP contribution >= 0.6 is 0 Å². The minimum atomic E-state index is 0.442. The van der Waals surface area contributed by atoms with E-state index in [0.29, 0.717) is 35.5 Å². The third-order valence-corrected chi connectivity index (χ3v) is 8.39. The monoisotopic (exact) mass is 559 g/mol. The van der Waals surface area contributed by atoms with Crippen molar-refractivity contribution in [2.24, 2.45) is 35.5 Å². The number of hydrogen-bond acceptors (Lipinski definition) is 5. The summed E-state index contributed by atoms with van der Waals surface area (Å²) in [6.07, 6.45) is 11.8. The molecular formula is C34H70O5. The fourth-order valence-corrected chi connectivity index (χ4v) is 4.77. The Bertz CT molecular complexity index is 446. The zero-order valence-corrected chi connectivity index (χ0v) is 27.6. The predicted molar refractivity (Wildman–Crippen MR) is 167 cm³/mol. The second-order valence-corrected chi connectivity index (χ2v) is 11.9. The summed E-state index contributed by atoms with van der Waals surface area (Å²) in [6, 6.07) is 0. The van der Waals surface area contributed by atoms with Crippen molar-refractivity contribution in [3.05, 3.63) is 0 Å². The van der Waals surface area contributed by atoms with Gasteiger partial charge >= 0.3 is 0 Å². The molecule has 0 saturated carbocycles. The van der Waals surface area contributed by atoms with Gasteiger partial charge in [-0.25, -0.2) is 0 Å². The van der Waals surface area contributed by atoms with E-state index in [1.165, 1.54) is 38.5 Å². The Kier molecular flexibility index (Phi) is 27.8. The fourth-order valence-electron chi connectivity index (χ4n) is 4.77. The molecule has 0 aliphatic rings. The smallest absolute Gasteiger partial charge is 0.0516 e. The van der Waals surface area contributed by atoms with E-state index in [1.807, 2.05) is 0 Å². The minimum absolute atomic E-state index is 0.442. The summed E-state index contributed by atoms with van der Waals surface area (Å²) in [4.78, 5) is 0. The normalized spacial score (nSPS) is 16.6. The van der Waals surface area contributed by atoms with Gasteiger partial charge in [-0.3, -0.25) is 0 Å². The second kappa shape index (κ2) is 27.9. The lowest BCUT2D eigenvalue weighted by molar-refractivity contribution is -0.0204. The molecule has 0 rings (SSSR count). The van der Waals surface area contributed by atoms with Crippen molar-refractivity contribution in [2.45, 2.75) is 120 Å². The molecule has 0 amide bonds. The maximum absolute atomic E-state index is 6.15. The summed E-state index contributed by atoms with van der Waals surface area (Å²) in [6.45, 7) is 26.0. The van der Waals surface area contributed by atoms with E-state index in [1.54, 1.807) is 0 Å². The van der Waals surface area contributed by atoms with E-state index in [0.717, 1.165) is 91.8 Å². The Labute approximate surface area is 244 Å². The third kappa shape index (κ3) is 21.2. The van der Waals surface area contributed by atoms with Gasteiger partial charge in [-0.15, -0.1) is 0 Å². The molecule has 0 aromatic carbocycles. The first-order valence-electron chi connectivity index (χ1n) is 16.9. The van der Waals surface area contributed by atoms with Crippen LogP contribution in [0.5, 0.6) is 0 Å². The highest BCUT2D eigenvalue weighted by atomic mass is 16.5. The van der Waals surface area contributed by atoms with Crippen LogP contribution in [0.4, 0.5) is 0 Å². The predicted octanol–water partition coefficient (Wildman–Crippen LogP) is 8.83. The maximum Gasteiger partial charge on any atom is 0.0516 e. The first-order chi connectivity index (χ1) is 19.0. The van der Waals surface area contributed by atoms with E-state index in [9.17, 15) is 0 Å². The first kappa shape index (κ1) is 38.8. The van der Waals surface area contributed by atoms with Crippen LogP contribution in [0.2, 0.25) is 0 Å². The van der Waals surface area contributed by atoms with Crippen molar-refractivity contribution in [1.82, 2.24) is 0 Å². The van der Waals surface area contributed by atoms with Crippen molar-refractivity contribution in [3.8, 4) is 0 Å². The van der Waals surface area contributed by atoms with Crippen LogP contribution < -0.4 is 0 Å². The Morgan fingerprint density at radius 3 is 0.615 bits per heavy atom. The molecule has 6 unspecified atom stereocenters. The Hall–Kier alpha value is -0.200. The summed E-state index contributed by atoms with van der Waals surface area (Å²) in [5.41, 5.74) is 0. The SMILES string of the molecule is CCCC(CC)COCC(CC)COCC(CC)COCC(CC)COCC(CC)COCC(CC)CCC. The van der Waals surface area contributed by atoms with Crippen molar-refractivity contribution in [2.75, 3.05) is 66.1 Å². The van der Waals surface area contributed by atoms with Gasteiger partial charge in [0.15, 0.2) is 0 Å².